The third kappa shape index (κ3) is 5.51. The van der Waals surface area contributed by atoms with E-state index in [-0.39, 0.29) is 24.1 Å². The second kappa shape index (κ2) is 9.78. The molecule has 8 nitrogen and oxygen atoms in total. The molecule has 0 aliphatic rings. The second-order valence-electron chi connectivity index (χ2n) is 6.81. The van der Waals surface area contributed by atoms with Crippen LogP contribution in [0.15, 0.2) is 71.4 Å². The van der Waals surface area contributed by atoms with Gasteiger partial charge in [-0.3, -0.25) is 10.1 Å². The Morgan fingerprint density at radius 2 is 1.75 bits per heavy atom. The number of anilines is 1. The van der Waals surface area contributed by atoms with E-state index in [4.69, 9.17) is 13.9 Å². The van der Waals surface area contributed by atoms with E-state index in [2.05, 4.69) is 15.4 Å². The summed E-state index contributed by atoms with van der Waals surface area (Å²) in [5, 5.41) is 6.79. The number of amides is 1. The van der Waals surface area contributed by atoms with Crippen molar-refractivity contribution in [2.45, 2.75) is 20.1 Å². The van der Waals surface area contributed by atoms with Gasteiger partial charge in [-0.1, -0.05) is 12.1 Å². The summed E-state index contributed by atoms with van der Waals surface area (Å²) in [6.45, 7) is 3.09. The number of hydrogen-bond acceptors (Lipinski definition) is 6. The fourth-order valence-electron chi connectivity index (χ4n) is 2.90. The largest absolute Gasteiger partial charge is 0.494 e. The molecule has 0 fully saturated rings. The highest BCUT2D eigenvalue weighted by atomic mass is 19.1. The maximum absolute atomic E-state index is 13.0. The predicted octanol–water partition coefficient (Wildman–Crippen LogP) is 4.29. The first-order valence-corrected chi connectivity index (χ1v) is 9.98. The Balaban J connectivity index is 1.30. The summed E-state index contributed by atoms with van der Waals surface area (Å²) >= 11 is 0. The van der Waals surface area contributed by atoms with Gasteiger partial charge in [-0.25, -0.2) is 14.1 Å². The van der Waals surface area contributed by atoms with Gasteiger partial charge in [0.15, 0.2) is 5.76 Å². The number of carbonyl (C=O) groups is 1. The first-order chi connectivity index (χ1) is 15.6. The zero-order valence-corrected chi connectivity index (χ0v) is 17.3. The van der Waals surface area contributed by atoms with E-state index in [9.17, 15) is 9.18 Å². The van der Waals surface area contributed by atoms with Crippen LogP contribution in [0.3, 0.4) is 0 Å². The minimum Gasteiger partial charge on any atom is -0.494 e. The van der Waals surface area contributed by atoms with Crippen molar-refractivity contribution in [1.29, 1.82) is 0 Å². The summed E-state index contributed by atoms with van der Waals surface area (Å²) in [5.41, 5.74) is 0.859. The molecule has 0 radical (unpaired) electrons. The average Bonchev–Trinajstić information content (AvgIpc) is 3.45. The average molecular weight is 436 g/mol. The maximum atomic E-state index is 13.0. The van der Waals surface area contributed by atoms with E-state index in [0.29, 0.717) is 24.7 Å². The van der Waals surface area contributed by atoms with Gasteiger partial charge in [-0.2, -0.15) is 0 Å². The smallest absolute Gasteiger partial charge is 0.293 e. The molecule has 164 valence electrons. The Labute approximate surface area is 183 Å². The number of nitrogens with one attached hydrogen (secondary N) is 1. The molecule has 32 heavy (non-hydrogen) atoms. The van der Waals surface area contributed by atoms with Crippen LogP contribution in [0.5, 0.6) is 11.5 Å². The van der Waals surface area contributed by atoms with Crippen LogP contribution in [0.25, 0.3) is 0 Å². The van der Waals surface area contributed by atoms with Crippen LogP contribution < -0.4 is 14.8 Å². The van der Waals surface area contributed by atoms with Crippen LogP contribution in [0.1, 0.15) is 28.8 Å². The van der Waals surface area contributed by atoms with Crippen molar-refractivity contribution in [3.8, 4) is 11.5 Å². The van der Waals surface area contributed by atoms with Crippen LogP contribution in [-0.4, -0.2) is 27.3 Å². The molecular formula is C23H21FN4O4. The first kappa shape index (κ1) is 21.1. The third-order valence-corrected chi connectivity index (χ3v) is 4.42. The molecule has 0 unspecified atom stereocenters. The van der Waals surface area contributed by atoms with E-state index in [1.165, 1.54) is 18.5 Å². The number of halogens is 1. The van der Waals surface area contributed by atoms with Gasteiger partial charge in [0.25, 0.3) is 5.91 Å². The minimum absolute atomic E-state index is 0.116. The quantitative estimate of drug-likeness (QED) is 0.421. The molecule has 0 saturated heterocycles. The number of nitrogens with zero attached hydrogens (tertiary/aromatic N) is 3. The highest BCUT2D eigenvalue weighted by Gasteiger charge is 2.14. The van der Waals surface area contributed by atoms with Gasteiger partial charge in [0, 0.05) is 0 Å². The van der Waals surface area contributed by atoms with Gasteiger partial charge >= 0.3 is 0 Å². The lowest BCUT2D eigenvalue weighted by Gasteiger charge is -2.06. The van der Waals surface area contributed by atoms with Crippen molar-refractivity contribution in [3.63, 3.8) is 0 Å². The summed E-state index contributed by atoms with van der Waals surface area (Å²) in [5.74, 6) is 1.40. The maximum Gasteiger partial charge on any atom is 0.293 e. The molecular weight excluding hydrogens is 415 g/mol. The zero-order valence-electron chi connectivity index (χ0n) is 17.3. The molecule has 4 rings (SSSR count). The number of rotatable bonds is 9. The molecule has 9 heteroatoms. The van der Waals surface area contributed by atoms with Gasteiger partial charge in [0.2, 0.25) is 5.95 Å². The Kier molecular flexibility index (Phi) is 6.45. The molecule has 2 aromatic carbocycles. The molecule has 2 heterocycles. The summed E-state index contributed by atoms with van der Waals surface area (Å²) in [7, 11) is 0. The number of benzene rings is 2. The molecule has 0 aliphatic carbocycles. The first-order valence-electron chi connectivity index (χ1n) is 9.98. The van der Waals surface area contributed by atoms with Crippen molar-refractivity contribution in [3.05, 3.63) is 89.9 Å². The van der Waals surface area contributed by atoms with Crippen LogP contribution >= 0.6 is 0 Å². The molecule has 0 saturated carbocycles. The van der Waals surface area contributed by atoms with Crippen LogP contribution in [-0.2, 0) is 13.2 Å². The number of hydrogen-bond donors (Lipinski definition) is 1. The summed E-state index contributed by atoms with van der Waals surface area (Å²) < 4.78 is 31.2. The summed E-state index contributed by atoms with van der Waals surface area (Å²) in [6, 6.07) is 16.6. The molecule has 1 amide bonds. The fourth-order valence-corrected chi connectivity index (χ4v) is 2.90. The lowest BCUT2D eigenvalue weighted by Crippen LogP contribution is -2.12. The topological polar surface area (TPSA) is 91.4 Å². The van der Waals surface area contributed by atoms with Crippen molar-refractivity contribution in [2.24, 2.45) is 0 Å². The predicted molar refractivity (Wildman–Crippen MR) is 114 cm³/mol. The summed E-state index contributed by atoms with van der Waals surface area (Å²) in [4.78, 5) is 16.5. The van der Waals surface area contributed by atoms with Crippen molar-refractivity contribution < 1.29 is 23.1 Å². The van der Waals surface area contributed by atoms with Crippen molar-refractivity contribution in [2.75, 3.05) is 11.9 Å². The van der Waals surface area contributed by atoms with Gasteiger partial charge in [-0.05, 0) is 61.0 Å². The Bertz CT molecular complexity index is 1170. The molecule has 0 aliphatic heterocycles. The SMILES string of the molecule is CCOc1ccc(OCc2ccc(C(=O)Nc3ncn(Cc4ccc(F)cc4)n3)o2)cc1. The molecule has 2 aromatic heterocycles. The fraction of sp³-hybridized carbons (Fsp3) is 0.174. The Morgan fingerprint density at radius 1 is 1.03 bits per heavy atom. The second-order valence-corrected chi connectivity index (χ2v) is 6.81. The van der Waals surface area contributed by atoms with Gasteiger partial charge in [0.05, 0.1) is 13.2 Å². The number of aromatic nitrogens is 3. The molecule has 4 aromatic rings. The standard InChI is InChI=1S/C23H21FN4O4/c1-2-30-18-7-9-19(10-8-18)31-14-20-11-12-21(32-20)22(29)26-23-25-15-28(27-23)13-16-3-5-17(24)6-4-16/h3-12,15H,2,13-14H2,1H3,(H,26,27,29). The van der Waals surface area contributed by atoms with Crippen LogP contribution in [0, 0.1) is 5.82 Å². The van der Waals surface area contributed by atoms with Crippen LogP contribution in [0.2, 0.25) is 0 Å². The molecule has 1 N–H and O–H groups in total. The Hall–Kier alpha value is -4.14. The van der Waals surface area contributed by atoms with Gasteiger partial charge < -0.3 is 13.9 Å². The lowest BCUT2D eigenvalue weighted by molar-refractivity contribution is 0.0991. The number of carbonyl (C=O) groups excluding carboxylic acids is 1. The van der Waals surface area contributed by atoms with E-state index >= 15 is 0 Å². The van der Waals surface area contributed by atoms with Crippen molar-refractivity contribution in [1.82, 2.24) is 14.8 Å². The molecule has 0 atom stereocenters. The van der Waals surface area contributed by atoms with E-state index in [1.54, 1.807) is 41.1 Å². The van der Waals surface area contributed by atoms with E-state index in [0.717, 1.165) is 11.3 Å². The Morgan fingerprint density at radius 3 is 2.47 bits per heavy atom. The number of furan rings is 1. The van der Waals surface area contributed by atoms with Crippen molar-refractivity contribution >= 4 is 11.9 Å². The summed E-state index contributed by atoms with van der Waals surface area (Å²) in [6.07, 6.45) is 1.48. The normalized spacial score (nSPS) is 10.7. The van der Waals surface area contributed by atoms with Gasteiger partial charge in [-0.15, -0.1) is 5.10 Å². The lowest BCUT2D eigenvalue weighted by atomic mass is 10.2. The van der Waals surface area contributed by atoms with Gasteiger partial charge in [0.1, 0.15) is 36.0 Å². The zero-order chi connectivity index (χ0) is 22.3. The third-order valence-electron chi connectivity index (χ3n) is 4.42. The van der Waals surface area contributed by atoms with Crippen LogP contribution in [0.4, 0.5) is 10.3 Å². The minimum atomic E-state index is -0.475. The van der Waals surface area contributed by atoms with E-state index in [1.807, 2.05) is 19.1 Å². The highest BCUT2D eigenvalue weighted by molar-refractivity contribution is 6.01. The number of ether oxygens (including phenoxy) is 2. The molecule has 0 bridgehead atoms. The highest BCUT2D eigenvalue weighted by Crippen LogP contribution is 2.19. The monoisotopic (exact) mass is 436 g/mol. The molecule has 0 spiro atoms. The van der Waals surface area contributed by atoms with E-state index < -0.39 is 5.91 Å².